The van der Waals surface area contributed by atoms with E-state index in [-0.39, 0.29) is 5.22 Å². The summed E-state index contributed by atoms with van der Waals surface area (Å²) in [5, 5.41) is 0.510. The molecule has 0 bridgehead atoms. The summed E-state index contributed by atoms with van der Waals surface area (Å²) in [4.78, 5) is 0. The van der Waals surface area contributed by atoms with E-state index >= 15 is 0 Å². The first-order valence-corrected chi connectivity index (χ1v) is 9.29. The van der Waals surface area contributed by atoms with Gasteiger partial charge in [-0.05, 0) is 28.5 Å². The second kappa shape index (κ2) is 5.87. The van der Waals surface area contributed by atoms with Crippen LogP contribution >= 0.6 is 0 Å². The Bertz CT molecular complexity index is 1010. The molecule has 1 aromatic carbocycles. The molecule has 0 aromatic heterocycles. The minimum Gasteiger partial charge on any atom is -0.214 e. The van der Waals surface area contributed by atoms with Gasteiger partial charge in [-0.1, -0.05) is 30.3 Å². The van der Waals surface area contributed by atoms with E-state index in [0.29, 0.717) is 11.3 Å². The number of allylic oxidation sites excluding steroid dienone is 1. The van der Waals surface area contributed by atoms with Crippen molar-refractivity contribution >= 4 is 31.8 Å². The van der Waals surface area contributed by atoms with Crippen molar-refractivity contribution in [1.82, 2.24) is 0 Å². The van der Waals surface area contributed by atoms with E-state index in [1.165, 1.54) is 24.3 Å². The third-order valence-electron chi connectivity index (χ3n) is 3.23. The minimum absolute atomic E-state index is 0.0935. The van der Waals surface area contributed by atoms with Crippen LogP contribution in [-0.2, 0) is 19.7 Å². The molecule has 0 spiro atoms. The Hall–Kier alpha value is -1.82. The molecule has 0 saturated carbocycles. The van der Waals surface area contributed by atoms with Crippen molar-refractivity contribution in [2.24, 2.45) is 0 Å². The Balaban J connectivity index is 2.96. The predicted molar refractivity (Wildman–Crippen MR) is 76.2 cm³/mol. The lowest BCUT2D eigenvalue weighted by molar-refractivity contribution is -0.0444. The van der Waals surface area contributed by atoms with Crippen LogP contribution < -0.4 is 10.4 Å². The zero-order chi connectivity index (χ0) is 19.3. The quantitative estimate of drug-likeness (QED) is 0.702. The summed E-state index contributed by atoms with van der Waals surface area (Å²) >= 11 is 0. The van der Waals surface area contributed by atoms with Crippen LogP contribution in [0.1, 0.15) is 6.42 Å². The average molecular weight is 406 g/mol. The smallest absolute Gasteiger partial charge is 0.214 e. The molecule has 0 N–H and O–H groups in total. The molecule has 0 unspecified atom stereocenters. The molecule has 4 nitrogen and oxygen atoms in total. The highest BCUT2D eigenvalue weighted by atomic mass is 32.3. The van der Waals surface area contributed by atoms with Gasteiger partial charge in [-0.3, -0.25) is 0 Å². The molecule has 2 rings (SSSR count). The van der Waals surface area contributed by atoms with Gasteiger partial charge in [0.2, 0.25) is 0 Å². The molecular weight excluding hydrogens is 398 g/mol. The highest BCUT2D eigenvalue weighted by Gasteiger charge is 2.60. The highest BCUT2D eigenvalue weighted by molar-refractivity contribution is 8.15. The fraction of sp³-hybridized carbons (Fsp3) is 0.231. The Morgan fingerprint density at radius 2 is 1.24 bits per heavy atom. The molecule has 0 amide bonds. The Labute approximate surface area is 137 Å². The number of alkyl halides is 6. The molecule has 0 aliphatic heterocycles. The van der Waals surface area contributed by atoms with Gasteiger partial charge < -0.3 is 0 Å². The summed E-state index contributed by atoms with van der Waals surface area (Å²) in [5.74, 6) is 0. The van der Waals surface area contributed by atoms with Gasteiger partial charge in [0.15, 0.2) is 4.24 Å². The topological polar surface area (TPSA) is 68.3 Å². The largest absolute Gasteiger partial charge is 0.502 e. The zero-order valence-corrected chi connectivity index (χ0v) is 13.5. The number of rotatable bonds is 2. The summed E-state index contributed by atoms with van der Waals surface area (Å²) in [5.41, 5.74) is -13.5. The molecule has 138 valence electrons. The standard InChI is InChI=1S/C13H8F6O4S2/c14-12(15,16)24(20,21)11(25(22,23)13(17,18)19)10-6-5-8-3-1-2-4-9(8)7-10/h1-5,7H,6H2. The third kappa shape index (κ3) is 3.32. The van der Waals surface area contributed by atoms with Crippen molar-refractivity contribution < 1.29 is 43.2 Å². The first-order chi connectivity index (χ1) is 11.2. The molecule has 0 saturated heterocycles. The Morgan fingerprint density at radius 1 is 0.800 bits per heavy atom. The molecule has 0 fully saturated rings. The molecule has 12 heteroatoms. The summed E-state index contributed by atoms with van der Waals surface area (Å²) in [6.07, 6.45) is 1.11. The van der Waals surface area contributed by atoms with Gasteiger partial charge in [0, 0.05) is 0 Å². The second-order valence-corrected chi connectivity index (χ2v) is 8.91. The van der Waals surface area contributed by atoms with Crippen molar-refractivity contribution in [3.63, 3.8) is 0 Å². The van der Waals surface area contributed by atoms with E-state index in [2.05, 4.69) is 0 Å². The zero-order valence-electron chi connectivity index (χ0n) is 11.9. The number of fused-ring (bicyclic) bond motifs is 1. The van der Waals surface area contributed by atoms with Crippen molar-refractivity contribution in [2.75, 3.05) is 0 Å². The molecule has 0 radical (unpaired) electrons. The molecule has 1 aliphatic rings. The van der Waals surface area contributed by atoms with Crippen molar-refractivity contribution in [1.29, 1.82) is 0 Å². The van der Waals surface area contributed by atoms with E-state index in [1.807, 2.05) is 0 Å². The van der Waals surface area contributed by atoms with Crippen LogP contribution in [0.2, 0.25) is 0 Å². The molecular formula is C13H8F6O4S2. The number of benzene rings is 1. The van der Waals surface area contributed by atoms with Crippen LogP contribution in [-0.4, -0.2) is 27.9 Å². The normalized spacial score (nSPS) is 15.8. The van der Waals surface area contributed by atoms with Crippen LogP contribution in [0.3, 0.4) is 0 Å². The van der Waals surface area contributed by atoms with Gasteiger partial charge in [0.1, 0.15) is 0 Å². The number of hydrogen-bond acceptors (Lipinski definition) is 4. The van der Waals surface area contributed by atoms with E-state index in [9.17, 15) is 43.2 Å². The van der Waals surface area contributed by atoms with E-state index < -0.39 is 46.9 Å². The van der Waals surface area contributed by atoms with Gasteiger partial charge in [-0.15, -0.1) is 0 Å². The third-order valence-corrected chi connectivity index (χ3v) is 7.26. The summed E-state index contributed by atoms with van der Waals surface area (Å²) in [6.45, 7) is 0. The Morgan fingerprint density at radius 3 is 1.68 bits per heavy atom. The lowest BCUT2D eigenvalue weighted by atomic mass is 10.0. The van der Waals surface area contributed by atoms with Crippen LogP contribution in [0.15, 0.2) is 34.1 Å². The first-order valence-electron chi connectivity index (χ1n) is 6.32. The van der Waals surface area contributed by atoms with E-state index in [4.69, 9.17) is 0 Å². The van der Waals surface area contributed by atoms with Crippen molar-refractivity contribution in [3.8, 4) is 0 Å². The number of hydrogen-bond donors (Lipinski definition) is 0. The summed E-state index contributed by atoms with van der Waals surface area (Å²) < 4.78 is 120. The van der Waals surface area contributed by atoms with Crippen LogP contribution in [0, 0.1) is 0 Å². The Kier molecular flexibility index (Phi) is 4.58. The van der Waals surface area contributed by atoms with Crippen LogP contribution in [0.25, 0.3) is 12.2 Å². The maximum atomic E-state index is 12.8. The van der Waals surface area contributed by atoms with Gasteiger partial charge in [-0.25, -0.2) is 16.8 Å². The fourth-order valence-corrected chi connectivity index (χ4v) is 5.25. The molecule has 25 heavy (non-hydrogen) atoms. The van der Waals surface area contributed by atoms with Gasteiger partial charge in [-0.2, -0.15) is 26.3 Å². The minimum atomic E-state index is -6.76. The average Bonchev–Trinajstić information content (AvgIpc) is 2.44. The first kappa shape index (κ1) is 19.5. The van der Waals surface area contributed by atoms with Crippen LogP contribution in [0.5, 0.6) is 0 Å². The summed E-state index contributed by atoms with van der Waals surface area (Å²) in [6, 6.07) is 5.72. The predicted octanol–water partition coefficient (Wildman–Crippen LogP) is 1.73. The fourth-order valence-electron chi connectivity index (χ4n) is 2.14. The maximum absolute atomic E-state index is 12.8. The van der Waals surface area contributed by atoms with E-state index in [0.717, 1.165) is 6.08 Å². The SMILES string of the molecule is O=S(=O)(C(=C1C=c2ccccc2=CC1)S(=O)(=O)C(F)(F)F)C(F)(F)F. The van der Waals surface area contributed by atoms with Crippen molar-refractivity contribution in [2.45, 2.75) is 17.4 Å². The molecule has 1 aromatic rings. The van der Waals surface area contributed by atoms with Gasteiger partial charge in [0.05, 0.1) is 0 Å². The lowest BCUT2D eigenvalue weighted by Crippen LogP contribution is -2.36. The monoisotopic (exact) mass is 406 g/mol. The molecule has 0 heterocycles. The highest BCUT2D eigenvalue weighted by Crippen LogP contribution is 2.41. The molecule has 1 aliphatic carbocycles. The van der Waals surface area contributed by atoms with Gasteiger partial charge in [0.25, 0.3) is 19.7 Å². The van der Waals surface area contributed by atoms with E-state index in [1.54, 1.807) is 0 Å². The van der Waals surface area contributed by atoms with Crippen molar-refractivity contribution in [3.05, 3.63) is 44.5 Å². The summed E-state index contributed by atoms with van der Waals surface area (Å²) in [7, 11) is -13.5. The number of halogens is 6. The molecule has 0 atom stereocenters. The second-order valence-electron chi connectivity index (χ2n) is 4.89. The van der Waals surface area contributed by atoms with Gasteiger partial charge >= 0.3 is 11.0 Å². The number of sulfone groups is 2. The maximum Gasteiger partial charge on any atom is 0.502 e. The van der Waals surface area contributed by atoms with Crippen LogP contribution in [0.4, 0.5) is 26.3 Å². The lowest BCUT2D eigenvalue weighted by Gasteiger charge is -2.17.